The SMILES string of the molecule is CNc1cccc(CN2CCC3CN(Cc4ccccc4)N=C3C2)c1. The Balaban J connectivity index is 1.38. The highest BCUT2D eigenvalue weighted by molar-refractivity contribution is 5.90. The van der Waals surface area contributed by atoms with E-state index in [1.165, 1.54) is 28.9 Å². The summed E-state index contributed by atoms with van der Waals surface area (Å²) in [6.07, 6.45) is 1.22. The maximum atomic E-state index is 4.93. The van der Waals surface area contributed by atoms with Crippen LogP contribution >= 0.6 is 0 Å². The van der Waals surface area contributed by atoms with E-state index < -0.39 is 0 Å². The zero-order chi connectivity index (χ0) is 17.1. The second kappa shape index (κ2) is 7.28. The summed E-state index contributed by atoms with van der Waals surface area (Å²) < 4.78 is 0. The lowest BCUT2D eigenvalue weighted by molar-refractivity contribution is 0.243. The van der Waals surface area contributed by atoms with Crippen LogP contribution in [0.25, 0.3) is 0 Å². The van der Waals surface area contributed by atoms with Gasteiger partial charge in [0.25, 0.3) is 0 Å². The molecule has 0 spiro atoms. The summed E-state index contributed by atoms with van der Waals surface area (Å²) in [5.74, 6) is 0.642. The second-order valence-corrected chi connectivity index (χ2v) is 7.07. The molecule has 2 aromatic rings. The van der Waals surface area contributed by atoms with E-state index in [2.05, 4.69) is 69.8 Å². The van der Waals surface area contributed by atoms with Gasteiger partial charge in [-0.2, -0.15) is 5.10 Å². The molecule has 0 bridgehead atoms. The molecule has 0 radical (unpaired) electrons. The van der Waals surface area contributed by atoms with Gasteiger partial charge >= 0.3 is 0 Å². The number of anilines is 1. The van der Waals surface area contributed by atoms with Crippen molar-refractivity contribution in [3.8, 4) is 0 Å². The van der Waals surface area contributed by atoms with Gasteiger partial charge in [0.1, 0.15) is 0 Å². The molecule has 4 rings (SSSR count). The number of benzene rings is 2. The maximum Gasteiger partial charge on any atom is 0.0610 e. The second-order valence-electron chi connectivity index (χ2n) is 7.07. The number of nitrogens with one attached hydrogen (secondary N) is 1. The third-order valence-electron chi connectivity index (χ3n) is 5.18. The Hall–Kier alpha value is -2.33. The molecule has 1 unspecified atom stereocenters. The van der Waals surface area contributed by atoms with Crippen LogP contribution in [0.1, 0.15) is 17.5 Å². The molecule has 2 aliphatic rings. The maximum absolute atomic E-state index is 4.93. The van der Waals surface area contributed by atoms with Gasteiger partial charge in [-0.25, -0.2) is 0 Å². The molecule has 130 valence electrons. The van der Waals surface area contributed by atoms with Gasteiger partial charge < -0.3 is 5.32 Å². The number of hydrazone groups is 1. The molecule has 2 aliphatic heterocycles. The minimum atomic E-state index is 0.642. The first-order valence-electron chi connectivity index (χ1n) is 9.15. The van der Waals surface area contributed by atoms with Crippen LogP contribution in [0, 0.1) is 5.92 Å². The van der Waals surface area contributed by atoms with Crippen molar-refractivity contribution in [2.75, 3.05) is 32.0 Å². The number of nitrogens with zero attached hydrogens (tertiary/aromatic N) is 3. The minimum Gasteiger partial charge on any atom is -0.388 e. The van der Waals surface area contributed by atoms with E-state index in [1.54, 1.807) is 0 Å². The van der Waals surface area contributed by atoms with Crippen LogP contribution in [-0.4, -0.2) is 42.3 Å². The molecule has 1 fully saturated rings. The third-order valence-corrected chi connectivity index (χ3v) is 5.18. The zero-order valence-electron chi connectivity index (χ0n) is 14.9. The summed E-state index contributed by atoms with van der Waals surface area (Å²) in [6, 6.07) is 19.3. The summed E-state index contributed by atoms with van der Waals surface area (Å²) in [5.41, 5.74) is 5.25. The van der Waals surface area contributed by atoms with Crippen LogP contribution in [0.2, 0.25) is 0 Å². The van der Waals surface area contributed by atoms with Crippen molar-refractivity contribution in [1.82, 2.24) is 9.91 Å². The average molecular weight is 334 g/mol. The molecule has 0 saturated carbocycles. The molecule has 1 N–H and O–H groups in total. The Morgan fingerprint density at radius 2 is 1.88 bits per heavy atom. The van der Waals surface area contributed by atoms with Crippen molar-refractivity contribution in [3.63, 3.8) is 0 Å². The molecule has 4 heteroatoms. The molecule has 2 heterocycles. The van der Waals surface area contributed by atoms with Crippen molar-refractivity contribution in [2.24, 2.45) is 11.0 Å². The number of fused-ring (bicyclic) bond motifs is 1. The fourth-order valence-corrected chi connectivity index (χ4v) is 3.84. The van der Waals surface area contributed by atoms with Crippen molar-refractivity contribution in [2.45, 2.75) is 19.5 Å². The highest BCUT2D eigenvalue weighted by Gasteiger charge is 2.31. The lowest BCUT2D eigenvalue weighted by atomic mass is 9.95. The Bertz CT molecular complexity index is 741. The molecular weight excluding hydrogens is 308 g/mol. The van der Waals surface area contributed by atoms with Gasteiger partial charge in [-0.3, -0.25) is 9.91 Å². The first-order chi connectivity index (χ1) is 12.3. The molecule has 0 aliphatic carbocycles. The lowest BCUT2D eigenvalue weighted by Crippen LogP contribution is -2.40. The Labute approximate surface area is 150 Å². The normalized spacial score (nSPS) is 20.3. The van der Waals surface area contributed by atoms with Crippen LogP contribution in [0.4, 0.5) is 5.69 Å². The Kier molecular flexibility index (Phi) is 4.70. The number of likely N-dealkylation sites (tertiary alicyclic amines) is 1. The van der Waals surface area contributed by atoms with E-state index in [4.69, 9.17) is 5.10 Å². The first-order valence-corrected chi connectivity index (χ1v) is 9.15. The number of rotatable bonds is 5. The molecule has 0 amide bonds. The highest BCUT2D eigenvalue weighted by Crippen LogP contribution is 2.25. The summed E-state index contributed by atoms with van der Waals surface area (Å²) in [5, 5.41) is 10.4. The summed E-state index contributed by atoms with van der Waals surface area (Å²) in [6.45, 7) is 5.16. The van der Waals surface area contributed by atoms with E-state index in [9.17, 15) is 0 Å². The number of hydrogen-bond donors (Lipinski definition) is 1. The van der Waals surface area contributed by atoms with Gasteiger partial charge in [-0.1, -0.05) is 42.5 Å². The molecule has 1 atom stereocenters. The van der Waals surface area contributed by atoms with Gasteiger partial charge in [-0.15, -0.1) is 0 Å². The average Bonchev–Trinajstić information content (AvgIpc) is 3.04. The quantitative estimate of drug-likeness (QED) is 0.909. The fourth-order valence-electron chi connectivity index (χ4n) is 3.84. The monoisotopic (exact) mass is 334 g/mol. The van der Waals surface area contributed by atoms with Gasteiger partial charge in [0.05, 0.1) is 12.3 Å². The summed E-state index contributed by atoms with van der Waals surface area (Å²) in [4.78, 5) is 2.52. The zero-order valence-corrected chi connectivity index (χ0v) is 14.9. The topological polar surface area (TPSA) is 30.9 Å². The fraction of sp³-hybridized carbons (Fsp3) is 0.381. The van der Waals surface area contributed by atoms with Gasteiger partial charge in [0.2, 0.25) is 0 Å². The molecule has 1 saturated heterocycles. The van der Waals surface area contributed by atoms with E-state index in [-0.39, 0.29) is 0 Å². The summed E-state index contributed by atoms with van der Waals surface area (Å²) >= 11 is 0. The van der Waals surface area contributed by atoms with Gasteiger partial charge in [0.15, 0.2) is 0 Å². The molecule has 4 nitrogen and oxygen atoms in total. The minimum absolute atomic E-state index is 0.642. The number of hydrogen-bond acceptors (Lipinski definition) is 4. The predicted molar refractivity (Wildman–Crippen MR) is 104 cm³/mol. The van der Waals surface area contributed by atoms with Crippen LogP contribution in [0.5, 0.6) is 0 Å². The van der Waals surface area contributed by atoms with Crippen molar-refractivity contribution >= 4 is 11.4 Å². The van der Waals surface area contributed by atoms with Crippen LogP contribution < -0.4 is 5.32 Å². The number of piperidine rings is 1. The van der Waals surface area contributed by atoms with E-state index >= 15 is 0 Å². The highest BCUT2D eigenvalue weighted by atomic mass is 15.5. The van der Waals surface area contributed by atoms with E-state index in [1.807, 2.05) is 7.05 Å². The predicted octanol–water partition coefficient (Wildman–Crippen LogP) is 3.42. The first kappa shape index (κ1) is 16.2. The summed E-state index contributed by atoms with van der Waals surface area (Å²) in [7, 11) is 1.97. The van der Waals surface area contributed by atoms with Crippen LogP contribution in [0.3, 0.4) is 0 Å². The standard InChI is InChI=1S/C21H26N4/c1-22-20-9-5-8-18(12-20)13-24-11-10-19-15-25(23-21(19)16-24)14-17-6-3-2-4-7-17/h2-9,12,19,22H,10-11,13-16H2,1H3. The van der Waals surface area contributed by atoms with E-state index in [0.29, 0.717) is 5.92 Å². The Morgan fingerprint density at radius 1 is 1.04 bits per heavy atom. The Morgan fingerprint density at radius 3 is 2.72 bits per heavy atom. The van der Waals surface area contributed by atoms with Crippen molar-refractivity contribution in [1.29, 1.82) is 0 Å². The van der Waals surface area contributed by atoms with Crippen LogP contribution in [0.15, 0.2) is 59.7 Å². The third kappa shape index (κ3) is 3.85. The lowest BCUT2D eigenvalue weighted by Gasteiger charge is -2.30. The van der Waals surface area contributed by atoms with Crippen LogP contribution in [-0.2, 0) is 13.1 Å². The van der Waals surface area contributed by atoms with Crippen molar-refractivity contribution < 1.29 is 0 Å². The van der Waals surface area contributed by atoms with Gasteiger partial charge in [-0.05, 0) is 36.2 Å². The smallest absolute Gasteiger partial charge is 0.0610 e. The molecule has 0 aromatic heterocycles. The van der Waals surface area contributed by atoms with Crippen molar-refractivity contribution in [3.05, 3.63) is 65.7 Å². The van der Waals surface area contributed by atoms with E-state index in [0.717, 1.165) is 32.7 Å². The molecular formula is C21H26N4. The van der Waals surface area contributed by atoms with Gasteiger partial charge in [0, 0.05) is 38.3 Å². The molecule has 25 heavy (non-hydrogen) atoms. The largest absolute Gasteiger partial charge is 0.388 e. The molecule has 2 aromatic carbocycles.